The Morgan fingerprint density at radius 1 is 1.30 bits per heavy atom. The molecule has 1 N–H and O–H groups in total. The van der Waals surface area contributed by atoms with Gasteiger partial charge in [0, 0.05) is 6.08 Å². The number of benzene rings is 1. The van der Waals surface area contributed by atoms with Gasteiger partial charge in [-0.2, -0.15) is 0 Å². The Labute approximate surface area is 145 Å². The molecule has 120 valence electrons. The Morgan fingerprint density at radius 3 is 2.74 bits per heavy atom. The van der Waals surface area contributed by atoms with Gasteiger partial charge in [-0.1, -0.05) is 6.07 Å². The van der Waals surface area contributed by atoms with Crippen LogP contribution in [0.2, 0.25) is 0 Å². The number of rotatable bonds is 6. The number of methoxy groups -OCH3 is 1. The van der Waals surface area contributed by atoms with Crippen LogP contribution in [0.25, 0.3) is 6.08 Å². The molecule has 0 aliphatic heterocycles. The largest absolute Gasteiger partial charge is 0.504 e. The van der Waals surface area contributed by atoms with Crippen LogP contribution in [-0.2, 0) is 9.53 Å². The third-order valence-corrected chi connectivity index (χ3v) is 4.47. The highest BCUT2D eigenvalue weighted by Gasteiger charge is 2.10. The van der Waals surface area contributed by atoms with Crippen LogP contribution in [0.15, 0.2) is 40.2 Å². The fourth-order valence-electron chi connectivity index (χ4n) is 1.68. The monoisotopic (exact) mass is 396 g/mol. The molecule has 23 heavy (non-hydrogen) atoms. The summed E-state index contributed by atoms with van der Waals surface area (Å²) in [5, 5.41) is 9.49. The SMILES string of the molecule is COc1cc(/C=C/C(=O)OCC(=O)c2ccc(Br)s2)ccc1O. The number of aromatic hydroxyl groups is 1. The van der Waals surface area contributed by atoms with Gasteiger partial charge in [0.1, 0.15) is 0 Å². The zero-order valence-electron chi connectivity index (χ0n) is 12.1. The summed E-state index contributed by atoms with van der Waals surface area (Å²) in [6, 6.07) is 8.09. The van der Waals surface area contributed by atoms with E-state index in [2.05, 4.69) is 15.9 Å². The molecule has 1 heterocycles. The van der Waals surface area contributed by atoms with Crippen LogP contribution in [0.4, 0.5) is 0 Å². The number of phenolic OH excluding ortho intramolecular Hbond substituents is 1. The number of thiophene rings is 1. The highest BCUT2D eigenvalue weighted by atomic mass is 79.9. The molecule has 1 aromatic carbocycles. The summed E-state index contributed by atoms with van der Waals surface area (Å²) >= 11 is 4.55. The maximum atomic E-state index is 11.8. The van der Waals surface area contributed by atoms with Crippen LogP contribution in [0, 0.1) is 0 Å². The Hall–Kier alpha value is -2.12. The van der Waals surface area contributed by atoms with Crippen molar-refractivity contribution in [2.24, 2.45) is 0 Å². The minimum atomic E-state index is -0.624. The molecule has 1 aromatic heterocycles. The summed E-state index contributed by atoms with van der Waals surface area (Å²) in [6.45, 7) is -0.310. The molecule has 0 radical (unpaired) electrons. The average molecular weight is 397 g/mol. The molecule has 5 nitrogen and oxygen atoms in total. The molecule has 0 atom stereocenters. The molecular weight excluding hydrogens is 384 g/mol. The van der Waals surface area contributed by atoms with E-state index in [1.807, 2.05) is 0 Å². The number of esters is 1. The number of hydrogen-bond donors (Lipinski definition) is 1. The third kappa shape index (κ3) is 4.94. The fraction of sp³-hybridized carbons (Fsp3) is 0.125. The lowest BCUT2D eigenvalue weighted by molar-refractivity contribution is -0.136. The molecule has 0 saturated heterocycles. The Morgan fingerprint density at radius 2 is 2.09 bits per heavy atom. The van der Waals surface area contributed by atoms with Crippen molar-refractivity contribution in [1.82, 2.24) is 0 Å². The number of ketones is 1. The van der Waals surface area contributed by atoms with Gasteiger partial charge in [0.2, 0.25) is 5.78 Å². The maximum absolute atomic E-state index is 11.8. The van der Waals surface area contributed by atoms with Gasteiger partial charge < -0.3 is 14.6 Å². The number of hydrogen-bond acceptors (Lipinski definition) is 6. The van der Waals surface area contributed by atoms with Crippen LogP contribution >= 0.6 is 27.3 Å². The summed E-state index contributed by atoms with van der Waals surface area (Å²) in [6.07, 6.45) is 2.72. The second kappa shape index (κ2) is 7.94. The van der Waals surface area contributed by atoms with Crippen molar-refractivity contribution in [3.05, 3.63) is 50.6 Å². The molecule has 0 bridgehead atoms. The van der Waals surface area contributed by atoms with Gasteiger partial charge in [0.05, 0.1) is 15.8 Å². The topological polar surface area (TPSA) is 72.8 Å². The first kappa shape index (κ1) is 17.2. The number of carbonyl (C=O) groups is 2. The van der Waals surface area contributed by atoms with Gasteiger partial charge in [-0.25, -0.2) is 4.79 Å². The Kier molecular flexibility index (Phi) is 5.95. The van der Waals surface area contributed by atoms with E-state index in [0.717, 1.165) is 3.79 Å². The molecule has 0 aliphatic rings. The maximum Gasteiger partial charge on any atom is 0.331 e. The van der Waals surface area contributed by atoms with E-state index in [9.17, 15) is 14.7 Å². The van der Waals surface area contributed by atoms with Gasteiger partial charge in [0.25, 0.3) is 0 Å². The number of phenols is 1. The second-order valence-corrected chi connectivity index (χ2v) is 6.86. The molecule has 0 amide bonds. The van der Waals surface area contributed by atoms with E-state index in [0.29, 0.717) is 16.2 Å². The van der Waals surface area contributed by atoms with Crippen molar-refractivity contribution in [2.45, 2.75) is 0 Å². The summed E-state index contributed by atoms with van der Waals surface area (Å²) in [5.74, 6) is -0.561. The summed E-state index contributed by atoms with van der Waals surface area (Å²) in [7, 11) is 1.44. The van der Waals surface area contributed by atoms with Crippen LogP contribution in [-0.4, -0.2) is 30.6 Å². The summed E-state index contributed by atoms with van der Waals surface area (Å²) < 4.78 is 10.7. The molecule has 0 fully saturated rings. The van der Waals surface area contributed by atoms with Crippen molar-refractivity contribution < 1.29 is 24.2 Å². The molecule has 2 aromatic rings. The van der Waals surface area contributed by atoms with Crippen LogP contribution < -0.4 is 4.74 Å². The molecule has 0 saturated carbocycles. The molecular formula is C16H13BrO5S. The first-order chi connectivity index (χ1) is 11.0. The first-order valence-electron chi connectivity index (χ1n) is 6.50. The normalized spacial score (nSPS) is 10.7. The van der Waals surface area contributed by atoms with E-state index in [1.165, 1.54) is 36.7 Å². The van der Waals surface area contributed by atoms with Gasteiger partial charge >= 0.3 is 5.97 Å². The predicted molar refractivity (Wildman–Crippen MR) is 91.0 cm³/mol. The van der Waals surface area contributed by atoms with Crippen molar-refractivity contribution in [3.63, 3.8) is 0 Å². The lowest BCUT2D eigenvalue weighted by Crippen LogP contribution is -2.11. The smallest absolute Gasteiger partial charge is 0.331 e. The van der Waals surface area contributed by atoms with Gasteiger partial charge in [-0.05, 0) is 51.8 Å². The van der Waals surface area contributed by atoms with Gasteiger partial charge in [0.15, 0.2) is 18.1 Å². The fourth-order valence-corrected chi connectivity index (χ4v) is 2.99. The van der Waals surface area contributed by atoms with Crippen molar-refractivity contribution in [1.29, 1.82) is 0 Å². The number of carbonyl (C=O) groups excluding carboxylic acids is 2. The molecule has 0 aliphatic carbocycles. The minimum Gasteiger partial charge on any atom is -0.504 e. The van der Waals surface area contributed by atoms with E-state index in [-0.39, 0.29) is 18.1 Å². The molecule has 2 rings (SSSR count). The molecule has 7 heteroatoms. The zero-order chi connectivity index (χ0) is 16.8. The Bertz CT molecular complexity index is 751. The van der Waals surface area contributed by atoms with E-state index < -0.39 is 5.97 Å². The minimum absolute atomic E-state index is 0.0138. The van der Waals surface area contributed by atoms with Crippen molar-refractivity contribution >= 4 is 45.1 Å². The first-order valence-corrected chi connectivity index (χ1v) is 8.11. The van der Waals surface area contributed by atoms with Crippen LogP contribution in [0.3, 0.4) is 0 Å². The van der Waals surface area contributed by atoms with E-state index in [4.69, 9.17) is 9.47 Å². The number of Topliss-reactive ketones (excluding diaryl/α,β-unsaturated/α-hetero) is 1. The van der Waals surface area contributed by atoms with Crippen molar-refractivity contribution in [3.8, 4) is 11.5 Å². The van der Waals surface area contributed by atoms with E-state index >= 15 is 0 Å². The third-order valence-electron chi connectivity index (χ3n) is 2.81. The Balaban J connectivity index is 1.90. The van der Waals surface area contributed by atoms with Crippen LogP contribution in [0.5, 0.6) is 11.5 Å². The number of ether oxygens (including phenoxy) is 2. The predicted octanol–water partition coefficient (Wildman–Crippen LogP) is 3.66. The number of halogens is 1. The lowest BCUT2D eigenvalue weighted by atomic mass is 10.2. The quantitative estimate of drug-likeness (QED) is 0.458. The molecule has 0 unspecified atom stereocenters. The standard InChI is InChI=1S/C16H13BrO5S/c1-21-13-8-10(2-4-11(13)18)3-7-16(20)22-9-12(19)14-5-6-15(17)23-14/h2-8,18H,9H2,1H3/b7-3+. The highest BCUT2D eigenvalue weighted by molar-refractivity contribution is 9.11. The lowest BCUT2D eigenvalue weighted by Gasteiger charge is -2.03. The van der Waals surface area contributed by atoms with Gasteiger partial charge in [-0.3, -0.25) is 4.79 Å². The van der Waals surface area contributed by atoms with Gasteiger partial charge in [-0.15, -0.1) is 11.3 Å². The van der Waals surface area contributed by atoms with E-state index in [1.54, 1.807) is 24.3 Å². The molecule has 0 spiro atoms. The summed E-state index contributed by atoms with van der Waals surface area (Å²) in [4.78, 5) is 24.0. The summed E-state index contributed by atoms with van der Waals surface area (Å²) in [5.41, 5.74) is 0.658. The van der Waals surface area contributed by atoms with Crippen molar-refractivity contribution in [2.75, 3.05) is 13.7 Å². The zero-order valence-corrected chi connectivity index (χ0v) is 14.5. The average Bonchev–Trinajstić information content (AvgIpc) is 2.98. The van der Waals surface area contributed by atoms with Crippen LogP contribution in [0.1, 0.15) is 15.2 Å². The highest BCUT2D eigenvalue weighted by Crippen LogP contribution is 2.26. The second-order valence-electron chi connectivity index (χ2n) is 4.40.